The topological polar surface area (TPSA) is 81.7 Å². The van der Waals surface area contributed by atoms with E-state index in [1.165, 1.54) is 7.11 Å². The van der Waals surface area contributed by atoms with Crippen LogP contribution in [0.3, 0.4) is 0 Å². The summed E-state index contributed by atoms with van der Waals surface area (Å²) in [5.41, 5.74) is -1.93. The van der Waals surface area contributed by atoms with E-state index in [2.05, 4.69) is 5.32 Å². The van der Waals surface area contributed by atoms with Gasteiger partial charge in [-0.15, -0.1) is 0 Å². The van der Waals surface area contributed by atoms with Gasteiger partial charge in [0.05, 0.1) is 23.8 Å². The van der Waals surface area contributed by atoms with Crippen molar-refractivity contribution in [1.29, 1.82) is 0 Å². The minimum absolute atomic E-state index is 0.257. The Morgan fingerprint density at radius 3 is 2.38 bits per heavy atom. The Labute approximate surface area is 140 Å². The monoisotopic (exact) mass is 331 g/mol. The van der Waals surface area contributed by atoms with Gasteiger partial charge in [0.25, 0.3) is 5.91 Å². The van der Waals surface area contributed by atoms with Gasteiger partial charge in [0.15, 0.2) is 5.60 Å². The molecule has 2 atom stereocenters. The second kappa shape index (κ2) is 5.06. The summed E-state index contributed by atoms with van der Waals surface area (Å²) in [7, 11) is 1.28. The maximum Gasteiger partial charge on any atom is 0.339 e. The Balaban J connectivity index is 1.95. The molecule has 1 heterocycles. The Hall–Kier alpha value is -2.37. The van der Waals surface area contributed by atoms with Crippen LogP contribution in [0.2, 0.25) is 0 Å². The van der Waals surface area contributed by atoms with Crippen LogP contribution in [-0.4, -0.2) is 30.6 Å². The summed E-state index contributed by atoms with van der Waals surface area (Å²) in [5.74, 6) is -1.28. The quantitative estimate of drug-likeness (QED) is 0.861. The number of ether oxygens (including phenoxy) is 2. The smallest absolute Gasteiger partial charge is 0.339 e. The van der Waals surface area contributed by atoms with Crippen LogP contribution in [0.1, 0.15) is 44.0 Å². The van der Waals surface area contributed by atoms with Gasteiger partial charge < -0.3 is 14.8 Å². The van der Waals surface area contributed by atoms with E-state index in [4.69, 9.17) is 9.47 Å². The number of fused-ring (bicyclic) bond motifs is 2. The first kappa shape index (κ1) is 16.5. The van der Waals surface area contributed by atoms with E-state index in [9.17, 15) is 14.4 Å². The summed E-state index contributed by atoms with van der Waals surface area (Å²) < 4.78 is 10.3. The van der Waals surface area contributed by atoms with Gasteiger partial charge in [-0.1, -0.05) is 26.0 Å². The zero-order valence-corrected chi connectivity index (χ0v) is 14.3. The first-order chi connectivity index (χ1) is 11.2. The molecule has 1 saturated heterocycles. The fourth-order valence-electron chi connectivity index (χ4n) is 3.85. The number of carbonyl (C=O) groups excluding carboxylic acids is 3. The number of hydrogen-bond donors (Lipinski definition) is 1. The molecule has 1 amide bonds. The SMILES string of the molecule is COC(=O)c1ccccc1NC(=O)[C@]12CC[C@@](C)(C(=O)O1)C2(C)C. The normalized spacial score (nSPS) is 29.9. The standard InChI is InChI=1S/C18H21NO5/c1-16(2)17(3)9-10-18(16,24-15(17)22)14(21)19-12-8-6-5-7-11(12)13(20)23-4/h5-8H,9-10H2,1-4H3,(H,19,21)/t17-,18-/m0/s1. The third-order valence-corrected chi connectivity index (χ3v) is 6.03. The van der Waals surface area contributed by atoms with Crippen molar-refractivity contribution in [2.24, 2.45) is 10.8 Å². The number of esters is 2. The third-order valence-electron chi connectivity index (χ3n) is 6.03. The lowest BCUT2D eigenvalue weighted by atomic mass is 9.66. The van der Waals surface area contributed by atoms with Crippen molar-refractivity contribution in [2.75, 3.05) is 12.4 Å². The predicted octanol–water partition coefficient (Wildman–Crippen LogP) is 2.53. The molecule has 1 aromatic rings. The molecule has 0 unspecified atom stereocenters. The summed E-state index contributed by atoms with van der Waals surface area (Å²) in [4.78, 5) is 37.2. The van der Waals surface area contributed by atoms with Crippen LogP contribution in [0, 0.1) is 10.8 Å². The predicted molar refractivity (Wildman–Crippen MR) is 86.4 cm³/mol. The minimum atomic E-state index is -1.22. The largest absolute Gasteiger partial charge is 0.465 e. The zero-order chi connectivity index (χ0) is 17.8. The molecule has 3 rings (SSSR count). The van der Waals surface area contributed by atoms with Gasteiger partial charge in [-0.25, -0.2) is 4.79 Å². The van der Waals surface area contributed by atoms with Crippen LogP contribution in [0.25, 0.3) is 0 Å². The molecule has 2 fully saturated rings. The number of amides is 1. The highest BCUT2D eigenvalue weighted by Crippen LogP contribution is 2.65. The van der Waals surface area contributed by atoms with Gasteiger partial charge in [0.2, 0.25) is 0 Å². The molecule has 1 aliphatic heterocycles. The summed E-state index contributed by atoms with van der Waals surface area (Å²) in [6.07, 6.45) is 1.07. The van der Waals surface area contributed by atoms with Crippen molar-refractivity contribution < 1.29 is 23.9 Å². The highest BCUT2D eigenvalue weighted by Gasteiger charge is 2.75. The van der Waals surface area contributed by atoms with Crippen LogP contribution in [0.5, 0.6) is 0 Å². The van der Waals surface area contributed by atoms with Crippen molar-refractivity contribution in [3.8, 4) is 0 Å². The fourth-order valence-corrected chi connectivity index (χ4v) is 3.85. The molecule has 0 spiro atoms. The number of anilines is 1. The molecule has 6 heteroatoms. The van der Waals surface area contributed by atoms with Gasteiger partial charge in [0, 0.05) is 5.41 Å². The highest BCUT2D eigenvalue weighted by atomic mass is 16.6. The lowest BCUT2D eigenvalue weighted by Gasteiger charge is -2.35. The molecule has 1 saturated carbocycles. The first-order valence-electron chi connectivity index (χ1n) is 7.92. The average Bonchev–Trinajstić information content (AvgIpc) is 2.85. The van der Waals surface area contributed by atoms with Crippen molar-refractivity contribution in [2.45, 2.75) is 39.2 Å². The number of nitrogens with one attached hydrogen (secondary N) is 1. The molecule has 1 N–H and O–H groups in total. The number of rotatable bonds is 3. The minimum Gasteiger partial charge on any atom is -0.465 e. The van der Waals surface area contributed by atoms with E-state index in [0.717, 1.165) is 0 Å². The number of benzene rings is 1. The van der Waals surface area contributed by atoms with Gasteiger partial charge in [0.1, 0.15) is 0 Å². The fraction of sp³-hybridized carbons (Fsp3) is 0.500. The lowest BCUT2D eigenvalue weighted by Crippen LogP contribution is -2.50. The van der Waals surface area contributed by atoms with E-state index in [-0.39, 0.29) is 11.5 Å². The van der Waals surface area contributed by atoms with E-state index in [0.29, 0.717) is 18.5 Å². The number of hydrogen-bond acceptors (Lipinski definition) is 5. The molecule has 24 heavy (non-hydrogen) atoms. The Morgan fingerprint density at radius 2 is 1.83 bits per heavy atom. The van der Waals surface area contributed by atoms with Crippen molar-refractivity contribution >= 4 is 23.5 Å². The average molecular weight is 331 g/mol. The molecule has 1 aliphatic carbocycles. The van der Waals surface area contributed by atoms with Crippen molar-refractivity contribution in [3.63, 3.8) is 0 Å². The summed E-state index contributed by atoms with van der Waals surface area (Å²) in [6.45, 7) is 5.62. The zero-order valence-electron chi connectivity index (χ0n) is 14.3. The maximum absolute atomic E-state index is 13.0. The van der Waals surface area contributed by atoms with Crippen LogP contribution in [-0.2, 0) is 19.1 Å². The van der Waals surface area contributed by atoms with Gasteiger partial charge in [-0.2, -0.15) is 0 Å². The third kappa shape index (κ3) is 1.85. The molecule has 6 nitrogen and oxygen atoms in total. The van der Waals surface area contributed by atoms with Crippen LogP contribution in [0.15, 0.2) is 24.3 Å². The molecular weight excluding hydrogens is 310 g/mol. The highest BCUT2D eigenvalue weighted by molar-refractivity contribution is 6.06. The Bertz CT molecular complexity index is 741. The van der Waals surface area contributed by atoms with Crippen LogP contribution in [0.4, 0.5) is 5.69 Å². The van der Waals surface area contributed by atoms with Gasteiger partial charge in [-0.3, -0.25) is 9.59 Å². The second-order valence-corrected chi connectivity index (χ2v) is 7.16. The summed E-state index contributed by atoms with van der Waals surface area (Å²) in [6, 6.07) is 6.60. The second-order valence-electron chi connectivity index (χ2n) is 7.16. The molecule has 2 aliphatic rings. The van der Waals surface area contributed by atoms with Crippen molar-refractivity contribution in [3.05, 3.63) is 29.8 Å². The van der Waals surface area contributed by atoms with Gasteiger partial charge in [-0.05, 0) is 31.9 Å². The molecular formula is C18H21NO5. The first-order valence-corrected chi connectivity index (χ1v) is 7.92. The number of methoxy groups -OCH3 is 1. The van der Waals surface area contributed by atoms with E-state index in [1.807, 2.05) is 20.8 Å². The number of carbonyl (C=O) groups is 3. The lowest BCUT2D eigenvalue weighted by molar-refractivity contribution is -0.165. The maximum atomic E-state index is 13.0. The van der Waals surface area contributed by atoms with Gasteiger partial charge >= 0.3 is 11.9 Å². The molecule has 1 aromatic carbocycles. The van der Waals surface area contributed by atoms with E-state index < -0.39 is 28.3 Å². The molecule has 128 valence electrons. The summed E-state index contributed by atoms with van der Waals surface area (Å²) >= 11 is 0. The van der Waals surface area contributed by atoms with Crippen molar-refractivity contribution in [1.82, 2.24) is 0 Å². The van der Waals surface area contributed by atoms with E-state index in [1.54, 1.807) is 24.3 Å². The molecule has 0 radical (unpaired) electrons. The molecule has 0 aromatic heterocycles. The summed E-state index contributed by atoms with van der Waals surface area (Å²) in [5, 5.41) is 2.76. The molecule has 2 bridgehead atoms. The number of para-hydroxylation sites is 1. The Kier molecular flexibility index (Phi) is 3.48. The van der Waals surface area contributed by atoms with E-state index >= 15 is 0 Å². The van der Waals surface area contributed by atoms with Crippen LogP contribution < -0.4 is 5.32 Å². The van der Waals surface area contributed by atoms with Crippen LogP contribution >= 0.6 is 0 Å². The Morgan fingerprint density at radius 1 is 1.17 bits per heavy atom.